The molecule has 12 heteroatoms. The molecule has 0 bridgehead atoms. The zero-order chi connectivity index (χ0) is 78.4. The molecule has 0 spiro atoms. The second-order valence-electron chi connectivity index (χ2n) is 31.7. The van der Waals surface area contributed by atoms with Crippen molar-refractivity contribution in [1.82, 2.24) is 0 Å². The van der Waals surface area contributed by atoms with Crippen molar-refractivity contribution in [2.24, 2.45) is 0 Å². The minimum atomic E-state index is -0.712. The van der Waals surface area contributed by atoms with E-state index in [4.69, 9.17) is 4.74 Å². The number of hydrogen-bond acceptors (Lipinski definition) is 6. The summed E-state index contributed by atoms with van der Waals surface area (Å²) in [5, 5.41) is 10.9. The van der Waals surface area contributed by atoms with Gasteiger partial charge < -0.3 is 0 Å². The normalized spacial score (nSPS) is 13.0. The van der Waals surface area contributed by atoms with E-state index in [-0.39, 0.29) is 13.4 Å². The molecule has 0 saturated carbocycles. The van der Waals surface area contributed by atoms with E-state index in [9.17, 15) is 0 Å². The number of rotatable bonds is 11. The Labute approximate surface area is 733 Å². The van der Waals surface area contributed by atoms with E-state index in [0.29, 0.717) is 0 Å². The summed E-state index contributed by atoms with van der Waals surface area (Å²) in [6.07, 6.45) is 0. The smallest absolute Gasteiger partial charge is 0.0616 e. The van der Waals surface area contributed by atoms with Crippen LogP contribution in [0, 0.1) is 0 Å². The van der Waals surface area contributed by atoms with E-state index in [0.717, 1.165) is 124 Å². The van der Waals surface area contributed by atoms with Crippen molar-refractivity contribution < 1.29 is 4.74 Å². The van der Waals surface area contributed by atoms with E-state index in [1.807, 2.05) is 0 Å². The van der Waals surface area contributed by atoms with Gasteiger partial charge in [0.1, 0.15) is 0 Å². The Morgan fingerprint density at radius 1 is 0.217 bits per heavy atom. The van der Waals surface area contributed by atoms with Gasteiger partial charge in [0.2, 0.25) is 0 Å². The molecule has 6 nitrogen and oxygen atoms in total. The average molecular weight is 1980 g/mol. The van der Waals surface area contributed by atoms with Crippen LogP contribution in [-0.2, 0) is 0 Å². The van der Waals surface area contributed by atoms with Crippen LogP contribution >= 0.6 is 0 Å². The van der Waals surface area contributed by atoms with Crippen LogP contribution in [0.1, 0.15) is 0 Å². The van der Waals surface area contributed by atoms with E-state index >= 15 is 0 Å². The van der Waals surface area contributed by atoms with Gasteiger partial charge in [-0.15, -0.1) is 0 Å². The van der Waals surface area contributed by atoms with Crippen molar-refractivity contribution in [2.45, 2.75) is 0 Å². The molecule has 4 aliphatic rings. The summed E-state index contributed by atoms with van der Waals surface area (Å²) in [6, 6.07) is 151. The fraction of sp³-hybridized carbons (Fsp3) is 0. The van der Waals surface area contributed by atoms with E-state index in [2.05, 4.69) is 419 Å². The Bertz CT molecular complexity index is 7990. The molecular formula is C108H65B2N5OTe4. The van der Waals surface area contributed by atoms with Gasteiger partial charge in [0.05, 0.1) is 0 Å². The quantitative estimate of drug-likeness (QED) is 0.120. The summed E-state index contributed by atoms with van der Waals surface area (Å²) in [6.45, 7) is -0.517. The van der Waals surface area contributed by atoms with Crippen molar-refractivity contribution in [3.63, 3.8) is 0 Å². The molecule has 4 aliphatic heterocycles. The zero-order valence-electron chi connectivity index (χ0n) is 64.5. The fourth-order valence-electron chi connectivity index (χ4n) is 20.1. The molecule has 18 aromatic carbocycles. The molecule has 4 aromatic heterocycles. The summed E-state index contributed by atoms with van der Waals surface area (Å²) < 4.78 is 20.1. The number of nitrogens with zero attached hydrogens (tertiary/aromatic N) is 5. The molecule has 0 radical (unpaired) electrons. The van der Waals surface area contributed by atoms with E-state index < -0.39 is 81.7 Å². The van der Waals surface area contributed by atoms with E-state index in [1.54, 1.807) is 0 Å². The maximum absolute atomic E-state index is 8.26. The van der Waals surface area contributed by atoms with Crippen molar-refractivity contribution in [3.8, 4) is 33.8 Å². The first-order valence-corrected chi connectivity index (χ1v) is 50.2. The predicted molar refractivity (Wildman–Crippen MR) is 514 cm³/mol. The molecule has 0 N–H and O–H groups in total. The standard InChI is InChI=1S/C108H65B2N5OTe4/c1-5-26-66(27-6-1)76-38-25-39-77(67-28-7-2-8-29-67)108(76)115-92-65-96-89(110-87-41-18-20-43-91(87)114(73-51-55-85-81-37-16-24-47-101(81)120-105(85)63-73)95-58-75(59-97(116-96)107(95)110)112(69-32-11-4-12-33-69)71-49-53-83-79-35-14-22-45-99(79)118-103(83)61-71)64-88(92)109-86-40-17-19-42-90(86)113(72-50-54-84-80-36-15-23-46-100(80)119-104(84)62-72)93-56-74(57-94(115)106(93)109)111(68-30-9-3-10-31-68)70-48-52-82-78-34-13-21-44-98(78)117-102(82)60-70/h1-65H. The number of anilines is 15. The van der Waals surface area contributed by atoms with Gasteiger partial charge in [-0.05, 0) is 0 Å². The molecule has 558 valence electrons. The average Bonchev–Trinajstić information content (AvgIpc) is 0.823. The topological polar surface area (TPSA) is 25.4 Å². The minimum absolute atomic E-state index is 0.252. The molecule has 120 heavy (non-hydrogen) atoms. The van der Waals surface area contributed by atoms with Crippen molar-refractivity contribution >= 4 is 284 Å². The first-order valence-electron chi connectivity index (χ1n) is 40.9. The van der Waals surface area contributed by atoms with Crippen LogP contribution in [0.25, 0.3) is 92.6 Å². The molecule has 0 aliphatic carbocycles. The van der Waals surface area contributed by atoms with Gasteiger partial charge in [0.25, 0.3) is 0 Å². The Hall–Kier alpha value is -12.0. The predicted octanol–water partition coefficient (Wildman–Crippen LogP) is 23.9. The number of fused-ring (bicyclic) bond motifs is 20. The van der Waals surface area contributed by atoms with Crippen LogP contribution in [-0.4, -0.2) is 95.1 Å². The number of ether oxygens (including phenoxy) is 1. The molecule has 26 rings (SSSR count). The minimum Gasteiger partial charge on any atom is -0.0616 e. The van der Waals surface area contributed by atoms with Crippen LogP contribution in [0.2, 0.25) is 0 Å². The zero-order valence-corrected chi connectivity index (χ0v) is 73.8. The molecule has 0 saturated heterocycles. The summed E-state index contributed by atoms with van der Waals surface area (Å²) in [5.41, 5.74) is 28.4. The SMILES string of the molecule is c1ccc(-c2cccc(-c3ccccc3)c2N2c3cc4c(cc3B3c5ccccc5N(c5ccc6c(c5)[te]c5ccccc56)c5cc(N(c6ccccc6)c6ccc7c(c6)[te]c6ccccc67)cc2c53)B2c3ccccc3N(c3ccc5c(c3)[te]c3ccccc35)c3cc(N(c5ccccc5)c5ccc6c(c5)[te]c5ccccc56)cc(c32)O4)cc1. The number of para-hydroxylation sites is 5. The third-order valence-corrected chi connectivity index (χ3v) is 38.1. The first-order chi connectivity index (χ1) is 59.5. The van der Waals surface area contributed by atoms with Gasteiger partial charge >= 0.3 is 704 Å². The summed E-state index contributed by atoms with van der Waals surface area (Å²) >= 11 is -2.75. The van der Waals surface area contributed by atoms with Gasteiger partial charge in [0.15, 0.2) is 0 Å². The van der Waals surface area contributed by atoms with Gasteiger partial charge in [-0.2, -0.15) is 0 Å². The number of benzene rings is 18. The molecule has 0 fully saturated rings. The molecule has 0 amide bonds. The second-order valence-corrected chi connectivity index (χ2v) is 44.1. The van der Waals surface area contributed by atoms with Gasteiger partial charge in [-0.25, -0.2) is 0 Å². The first kappa shape index (κ1) is 69.9. The molecule has 0 unspecified atom stereocenters. The molecule has 0 atom stereocenters. The molecule has 8 heterocycles. The van der Waals surface area contributed by atoms with Crippen molar-refractivity contribution in [1.29, 1.82) is 0 Å². The Balaban J connectivity index is 0.771. The Morgan fingerprint density at radius 2 is 0.592 bits per heavy atom. The van der Waals surface area contributed by atoms with Crippen LogP contribution in [0.3, 0.4) is 0 Å². The monoisotopic (exact) mass is 1990 g/mol. The van der Waals surface area contributed by atoms with Crippen LogP contribution in [0.4, 0.5) is 85.3 Å². The number of hydrogen-bond donors (Lipinski definition) is 0. The fourth-order valence-corrected chi connectivity index (χ4v) is 33.1. The summed E-state index contributed by atoms with van der Waals surface area (Å²) in [7, 11) is 0. The molecular weight excluding hydrogens is 1920 g/mol. The van der Waals surface area contributed by atoms with Crippen LogP contribution < -0.4 is 62.0 Å². The van der Waals surface area contributed by atoms with Gasteiger partial charge in [-0.3, -0.25) is 0 Å². The maximum atomic E-state index is 8.26. The van der Waals surface area contributed by atoms with E-state index in [1.165, 1.54) is 97.8 Å². The van der Waals surface area contributed by atoms with Crippen LogP contribution in [0.15, 0.2) is 394 Å². The van der Waals surface area contributed by atoms with Gasteiger partial charge in [0, 0.05) is 0 Å². The summed E-state index contributed by atoms with van der Waals surface area (Å²) in [5.74, 6) is 1.67. The van der Waals surface area contributed by atoms with Crippen molar-refractivity contribution in [3.05, 3.63) is 394 Å². The molecule has 22 aromatic rings. The third kappa shape index (κ3) is 10.9. The third-order valence-electron chi connectivity index (χ3n) is 25.2. The second kappa shape index (κ2) is 27.8. The van der Waals surface area contributed by atoms with Crippen LogP contribution in [0.5, 0.6) is 11.5 Å². The Kier molecular flexibility index (Phi) is 16.2. The summed E-state index contributed by atoms with van der Waals surface area (Å²) in [4.78, 5) is 13.0. The van der Waals surface area contributed by atoms with Gasteiger partial charge in [-0.1, -0.05) is 36.4 Å². The Morgan fingerprint density at radius 3 is 1.07 bits per heavy atom. The van der Waals surface area contributed by atoms with Crippen molar-refractivity contribution in [2.75, 3.05) is 24.5 Å².